The monoisotopic (exact) mass is 450 g/mol. The number of carbonyl (C=O) groups excluding carboxylic acids is 2. The predicted molar refractivity (Wildman–Crippen MR) is 117 cm³/mol. The number of hydrogen-bond acceptors (Lipinski definition) is 3. The van der Waals surface area contributed by atoms with Crippen molar-refractivity contribution in [3.63, 3.8) is 0 Å². The van der Waals surface area contributed by atoms with Gasteiger partial charge in [0, 0.05) is 44.2 Å². The first-order valence-electron chi connectivity index (χ1n) is 8.77. The van der Waals surface area contributed by atoms with Crippen LogP contribution in [0.5, 0.6) is 0 Å². The number of ether oxygens (including phenoxy) is 1. The summed E-state index contributed by atoms with van der Waals surface area (Å²) < 4.78 is 5.10. The van der Waals surface area contributed by atoms with E-state index in [1.165, 1.54) is 6.08 Å². The zero-order chi connectivity index (χ0) is 21.0. The molecule has 0 radical (unpaired) electrons. The Morgan fingerprint density at radius 3 is 2.55 bits per heavy atom. The number of halogens is 3. The normalized spacial score (nSPS) is 11.2. The van der Waals surface area contributed by atoms with Gasteiger partial charge in [0.1, 0.15) is 5.69 Å². The van der Waals surface area contributed by atoms with Gasteiger partial charge in [0.25, 0.3) is 0 Å². The van der Waals surface area contributed by atoms with Gasteiger partial charge in [-0.25, -0.2) is 4.79 Å². The average Bonchev–Trinajstić information content (AvgIpc) is 3.03. The SMILES string of the molecule is CCOC(=O)c1[nH]c2cc(Cl)ccc2c1/C=C/C(=O)NCc1ccc(Cl)cc1Cl. The van der Waals surface area contributed by atoms with Crippen molar-refractivity contribution in [3.8, 4) is 0 Å². The van der Waals surface area contributed by atoms with E-state index >= 15 is 0 Å². The molecule has 0 aliphatic carbocycles. The van der Waals surface area contributed by atoms with Gasteiger partial charge in [-0.1, -0.05) is 46.9 Å². The smallest absolute Gasteiger partial charge is 0.355 e. The first-order valence-corrected chi connectivity index (χ1v) is 9.90. The summed E-state index contributed by atoms with van der Waals surface area (Å²) in [4.78, 5) is 27.6. The van der Waals surface area contributed by atoms with Gasteiger partial charge in [-0.2, -0.15) is 0 Å². The molecule has 0 spiro atoms. The average molecular weight is 452 g/mol. The minimum Gasteiger partial charge on any atom is -0.461 e. The molecule has 0 aliphatic rings. The summed E-state index contributed by atoms with van der Waals surface area (Å²) >= 11 is 18.0. The Bertz CT molecular complexity index is 1110. The summed E-state index contributed by atoms with van der Waals surface area (Å²) in [5, 5.41) is 5.03. The molecule has 5 nitrogen and oxygen atoms in total. The maximum atomic E-state index is 12.3. The Morgan fingerprint density at radius 2 is 1.83 bits per heavy atom. The molecule has 0 atom stereocenters. The van der Waals surface area contributed by atoms with Crippen LogP contribution in [0.15, 0.2) is 42.5 Å². The molecule has 0 aliphatic heterocycles. The fourth-order valence-electron chi connectivity index (χ4n) is 2.79. The van der Waals surface area contributed by atoms with Crippen molar-refractivity contribution in [3.05, 3.63) is 74.4 Å². The van der Waals surface area contributed by atoms with Gasteiger partial charge < -0.3 is 15.0 Å². The Balaban J connectivity index is 1.82. The molecule has 0 bridgehead atoms. The molecule has 1 amide bonds. The van der Waals surface area contributed by atoms with Crippen molar-refractivity contribution in [1.82, 2.24) is 10.3 Å². The van der Waals surface area contributed by atoms with E-state index in [1.54, 1.807) is 49.4 Å². The van der Waals surface area contributed by atoms with Crippen molar-refractivity contribution in [1.29, 1.82) is 0 Å². The number of hydrogen-bond donors (Lipinski definition) is 2. The molecule has 3 aromatic rings. The van der Waals surface area contributed by atoms with E-state index in [1.807, 2.05) is 0 Å². The van der Waals surface area contributed by atoms with Gasteiger partial charge in [0.15, 0.2) is 0 Å². The molecule has 1 heterocycles. The third kappa shape index (κ3) is 5.12. The van der Waals surface area contributed by atoms with Gasteiger partial charge in [-0.05, 0) is 42.8 Å². The molecular weight excluding hydrogens is 435 g/mol. The highest BCUT2D eigenvalue weighted by molar-refractivity contribution is 6.35. The second kappa shape index (κ2) is 9.35. The molecule has 8 heteroatoms. The van der Waals surface area contributed by atoms with Crippen molar-refractivity contribution in [2.45, 2.75) is 13.5 Å². The van der Waals surface area contributed by atoms with Gasteiger partial charge in [0.2, 0.25) is 5.91 Å². The number of benzene rings is 2. The number of rotatable bonds is 6. The van der Waals surface area contributed by atoms with E-state index in [0.29, 0.717) is 26.1 Å². The van der Waals surface area contributed by atoms with Crippen LogP contribution < -0.4 is 5.32 Å². The van der Waals surface area contributed by atoms with Crippen LogP contribution in [0.2, 0.25) is 15.1 Å². The highest BCUT2D eigenvalue weighted by Crippen LogP contribution is 2.27. The summed E-state index contributed by atoms with van der Waals surface area (Å²) in [6, 6.07) is 10.3. The Kier molecular flexibility index (Phi) is 6.85. The lowest BCUT2D eigenvalue weighted by Gasteiger charge is -2.05. The van der Waals surface area contributed by atoms with Gasteiger partial charge in [-0.15, -0.1) is 0 Å². The van der Waals surface area contributed by atoms with E-state index < -0.39 is 5.97 Å². The van der Waals surface area contributed by atoms with Crippen LogP contribution in [0.25, 0.3) is 17.0 Å². The van der Waals surface area contributed by atoms with Crippen molar-refractivity contribution >= 4 is 63.7 Å². The molecule has 2 aromatic carbocycles. The summed E-state index contributed by atoms with van der Waals surface area (Å²) in [6.07, 6.45) is 2.92. The topological polar surface area (TPSA) is 71.2 Å². The molecule has 3 rings (SSSR count). The number of H-pyrrole nitrogens is 1. The highest BCUT2D eigenvalue weighted by Gasteiger charge is 2.17. The van der Waals surface area contributed by atoms with Crippen LogP contribution in [0.4, 0.5) is 0 Å². The van der Waals surface area contributed by atoms with E-state index in [-0.39, 0.29) is 24.8 Å². The van der Waals surface area contributed by atoms with Crippen molar-refractivity contribution in [2.75, 3.05) is 6.61 Å². The second-order valence-electron chi connectivity index (χ2n) is 6.11. The summed E-state index contributed by atoms with van der Waals surface area (Å²) in [7, 11) is 0. The highest BCUT2D eigenvalue weighted by atomic mass is 35.5. The van der Waals surface area contributed by atoms with Crippen LogP contribution in [0, 0.1) is 0 Å². The predicted octanol–water partition coefficient (Wildman–Crippen LogP) is 5.63. The number of aromatic nitrogens is 1. The minimum atomic E-state index is -0.507. The lowest BCUT2D eigenvalue weighted by atomic mass is 10.1. The summed E-state index contributed by atoms with van der Waals surface area (Å²) in [5.41, 5.74) is 2.23. The Morgan fingerprint density at radius 1 is 1.10 bits per heavy atom. The largest absolute Gasteiger partial charge is 0.461 e. The molecule has 0 saturated carbocycles. The van der Waals surface area contributed by atoms with Crippen molar-refractivity contribution < 1.29 is 14.3 Å². The quantitative estimate of drug-likeness (QED) is 0.377. The third-order valence-electron chi connectivity index (χ3n) is 4.15. The van der Waals surface area contributed by atoms with Crippen LogP contribution in [-0.2, 0) is 16.1 Å². The molecule has 0 unspecified atom stereocenters. The summed E-state index contributed by atoms with van der Waals surface area (Å²) in [6.45, 7) is 2.20. The van der Waals surface area contributed by atoms with Gasteiger partial charge in [0.05, 0.1) is 6.61 Å². The van der Waals surface area contributed by atoms with Gasteiger partial charge in [-0.3, -0.25) is 4.79 Å². The summed E-state index contributed by atoms with van der Waals surface area (Å²) in [5.74, 6) is -0.845. The molecule has 2 N–H and O–H groups in total. The fraction of sp³-hybridized carbons (Fsp3) is 0.143. The van der Waals surface area contributed by atoms with Crippen LogP contribution in [-0.4, -0.2) is 23.5 Å². The maximum absolute atomic E-state index is 12.3. The van der Waals surface area contributed by atoms with E-state index in [9.17, 15) is 9.59 Å². The standard InChI is InChI=1S/C21H17Cl3N2O3/c1-2-29-21(28)20-16(15-6-5-14(23)10-18(15)26-20)7-8-19(27)25-11-12-3-4-13(22)9-17(12)24/h3-10,26H,2,11H2,1H3,(H,25,27)/b8-7+. The number of carbonyl (C=O) groups is 2. The van der Waals surface area contributed by atoms with Crippen molar-refractivity contribution in [2.24, 2.45) is 0 Å². The first-order chi connectivity index (χ1) is 13.9. The Hall–Kier alpha value is -2.47. The molecule has 0 saturated heterocycles. The molecule has 150 valence electrons. The zero-order valence-electron chi connectivity index (χ0n) is 15.4. The molecule has 29 heavy (non-hydrogen) atoms. The maximum Gasteiger partial charge on any atom is 0.355 e. The molecule has 1 aromatic heterocycles. The zero-order valence-corrected chi connectivity index (χ0v) is 17.7. The lowest BCUT2D eigenvalue weighted by Crippen LogP contribution is -2.20. The van der Waals surface area contributed by atoms with Gasteiger partial charge >= 0.3 is 5.97 Å². The fourth-order valence-corrected chi connectivity index (χ4v) is 3.44. The van der Waals surface area contributed by atoms with Crippen LogP contribution in [0.1, 0.15) is 28.5 Å². The van der Waals surface area contributed by atoms with Crippen LogP contribution >= 0.6 is 34.8 Å². The number of esters is 1. The van der Waals surface area contributed by atoms with E-state index in [4.69, 9.17) is 39.5 Å². The first kappa shape index (κ1) is 21.2. The third-order valence-corrected chi connectivity index (χ3v) is 4.97. The number of aromatic amines is 1. The Labute approximate surface area is 182 Å². The molecule has 0 fully saturated rings. The number of nitrogens with one attached hydrogen (secondary N) is 2. The van der Waals surface area contributed by atoms with E-state index in [2.05, 4.69) is 10.3 Å². The second-order valence-corrected chi connectivity index (χ2v) is 7.39. The van der Waals surface area contributed by atoms with Crippen LogP contribution in [0.3, 0.4) is 0 Å². The lowest BCUT2D eigenvalue weighted by molar-refractivity contribution is -0.116. The number of amides is 1. The van der Waals surface area contributed by atoms with E-state index in [0.717, 1.165) is 10.9 Å². The molecular formula is C21H17Cl3N2O3. The minimum absolute atomic E-state index is 0.237. The number of fused-ring (bicyclic) bond motifs is 1.